The summed E-state index contributed by atoms with van der Waals surface area (Å²) in [6.45, 7) is 6.71. The molecule has 27 heavy (non-hydrogen) atoms. The molecule has 0 N–H and O–H groups in total. The van der Waals surface area contributed by atoms with Gasteiger partial charge >= 0.3 is 0 Å². The lowest BCUT2D eigenvalue weighted by atomic mass is 9.95. The maximum atomic E-state index is 4.89. The second-order valence-corrected chi connectivity index (χ2v) is 7.56. The quantitative estimate of drug-likeness (QED) is 0.447. The summed E-state index contributed by atoms with van der Waals surface area (Å²) in [7, 11) is 0. The first-order valence-corrected chi connectivity index (χ1v) is 9.60. The molecule has 4 rings (SSSR count). The zero-order valence-corrected chi connectivity index (χ0v) is 16.1. The minimum atomic E-state index is 0.413. The fourth-order valence-electron chi connectivity index (χ4n) is 3.47. The zero-order valence-electron chi connectivity index (χ0n) is 16.1. The molecule has 2 aromatic carbocycles. The Bertz CT molecular complexity index is 1030. The predicted octanol–water partition coefficient (Wildman–Crippen LogP) is 5.89. The van der Waals surface area contributed by atoms with Crippen LogP contribution in [0.25, 0.3) is 16.6 Å². The summed E-state index contributed by atoms with van der Waals surface area (Å²) < 4.78 is 1.88. The first kappa shape index (κ1) is 17.5. The largest absolute Gasteiger partial charge is 0.253 e. The fraction of sp³-hybridized carbons (Fsp3) is 0.250. The molecule has 0 saturated carbocycles. The molecule has 3 nitrogen and oxygen atoms in total. The highest BCUT2D eigenvalue weighted by atomic mass is 15.3. The van der Waals surface area contributed by atoms with Crippen LogP contribution in [0.4, 0.5) is 0 Å². The van der Waals surface area contributed by atoms with E-state index in [1.54, 1.807) is 6.20 Å². The van der Waals surface area contributed by atoms with Gasteiger partial charge in [-0.1, -0.05) is 45.0 Å². The molecule has 1 unspecified atom stereocenters. The summed E-state index contributed by atoms with van der Waals surface area (Å²) in [5.41, 5.74) is 5.99. The van der Waals surface area contributed by atoms with Crippen molar-refractivity contribution in [3.8, 4) is 5.69 Å². The molecule has 0 saturated heterocycles. The fourth-order valence-corrected chi connectivity index (χ4v) is 3.47. The second-order valence-electron chi connectivity index (χ2n) is 7.56. The van der Waals surface area contributed by atoms with Crippen LogP contribution in [0.5, 0.6) is 0 Å². The van der Waals surface area contributed by atoms with Gasteiger partial charge in [0.25, 0.3) is 0 Å². The van der Waals surface area contributed by atoms with Gasteiger partial charge in [0.1, 0.15) is 0 Å². The molecule has 2 heterocycles. The minimum Gasteiger partial charge on any atom is -0.253 e. The van der Waals surface area contributed by atoms with Crippen LogP contribution < -0.4 is 0 Å². The number of aromatic nitrogens is 3. The van der Waals surface area contributed by atoms with Crippen LogP contribution >= 0.6 is 0 Å². The summed E-state index contributed by atoms with van der Waals surface area (Å²) in [5.74, 6) is 0.954. The number of benzene rings is 2. The highest BCUT2D eigenvalue weighted by molar-refractivity contribution is 5.79. The molecule has 4 aromatic rings. The standard InChI is InChI=1S/C24H25N3/c1-17(2)20-8-12-24-21(16-20)5-9-22(26-24)15-18(3)19-6-10-23(11-7-19)27-14-4-13-25-27/h4-14,16-18H,15H2,1-3H3. The molecule has 0 radical (unpaired) electrons. The van der Waals surface area contributed by atoms with E-state index in [4.69, 9.17) is 4.98 Å². The Morgan fingerprint density at radius 1 is 0.889 bits per heavy atom. The number of rotatable bonds is 5. The molecule has 0 spiro atoms. The summed E-state index contributed by atoms with van der Waals surface area (Å²) >= 11 is 0. The molecule has 0 fully saturated rings. The normalized spacial score (nSPS) is 12.6. The van der Waals surface area contributed by atoms with Crippen molar-refractivity contribution in [1.82, 2.24) is 14.8 Å². The first-order chi connectivity index (χ1) is 13.1. The van der Waals surface area contributed by atoms with Gasteiger partial charge < -0.3 is 0 Å². The third-order valence-electron chi connectivity index (χ3n) is 5.18. The predicted molar refractivity (Wildman–Crippen MR) is 112 cm³/mol. The van der Waals surface area contributed by atoms with Crippen molar-refractivity contribution in [2.45, 2.75) is 39.0 Å². The van der Waals surface area contributed by atoms with Gasteiger partial charge in [-0.3, -0.25) is 4.98 Å². The maximum Gasteiger partial charge on any atom is 0.0705 e. The van der Waals surface area contributed by atoms with Crippen molar-refractivity contribution < 1.29 is 0 Å². The third kappa shape index (κ3) is 3.77. The SMILES string of the molecule is CC(C)c1ccc2nc(CC(C)c3ccc(-n4cccn4)cc3)ccc2c1. The van der Waals surface area contributed by atoms with Crippen LogP contribution in [-0.2, 0) is 6.42 Å². The van der Waals surface area contributed by atoms with E-state index in [-0.39, 0.29) is 0 Å². The van der Waals surface area contributed by atoms with Crippen LogP contribution in [0.1, 0.15) is 49.4 Å². The van der Waals surface area contributed by atoms with Gasteiger partial charge in [0, 0.05) is 23.5 Å². The van der Waals surface area contributed by atoms with E-state index in [9.17, 15) is 0 Å². The van der Waals surface area contributed by atoms with Crippen LogP contribution in [0.15, 0.2) is 73.1 Å². The molecule has 0 amide bonds. The lowest BCUT2D eigenvalue weighted by Gasteiger charge is -2.13. The molecule has 2 aromatic heterocycles. The molecule has 0 aliphatic rings. The first-order valence-electron chi connectivity index (χ1n) is 9.60. The van der Waals surface area contributed by atoms with E-state index in [0.29, 0.717) is 11.8 Å². The van der Waals surface area contributed by atoms with Crippen LogP contribution in [0, 0.1) is 0 Å². The van der Waals surface area contributed by atoms with Gasteiger partial charge in [0.05, 0.1) is 11.2 Å². The van der Waals surface area contributed by atoms with E-state index in [1.807, 2.05) is 16.9 Å². The number of nitrogens with zero attached hydrogens (tertiary/aromatic N) is 3. The molecule has 0 aliphatic carbocycles. The van der Waals surface area contributed by atoms with E-state index >= 15 is 0 Å². The zero-order chi connectivity index (χ0) is 18.8. The van der Waals surface area contributed by atoms with Crippen molar-refractivity contribution in [2.24, 2.45) is 0 Å². The van der Waals surface area contributed by atoms with E-state index in [0.717, 1.165) is 23.3 Å². The second kappa shape index (κ2) is 7.36. The molecular formula is C24H25N3. The monoisotopic (exact) mass is 355 g/mol. The molecule has 136 valence electrons. The number of hydrogen-bond acceptors (Lipinski definition) is 2. The van der Waals surface area contributed by atoms with Crippen LogP contribution in [0.2, 0.25) is 0 Å². The maximum absolute atomic E-state index is 4.89. The average Bonchev–Trinajstić information content (AvgIpc) is 3.22. The Kier molecular flexibility index (Phi) is 4.76. The highest BCUT2D eigenvalue weighted by Gasteiger charge is 2.10. The number of pyridine rings is 1. The van der Waals surface area contributed by atoms with Gasteiger partial charge in [-0.05, 0) is 65.8 Å². The average molecular weight is 355 g/mol. The van der Waals surface area contributed by atoms with Gasteiger partial charge in [-0.15, -0.1) is 0 Å². The third-order valence-corrected chi connectivity index (χ3v) is 5.18. The Morgan fingerprint density at radius 3 is 2.37 bits per heavy atom. The van der Waals surface area contributed by atoms with Crippen molar-refractivity contribution in [3.05, 3.63) is 89.9 Å². The number of fused-ring (bicyclic) bond motifs is 1. The number of hydrogen-bond donors (Lipinski definition) is 0. The van der Waals surface area contributed by atoms with Crippen molar-refractivity contribution in [3.63, 3.8) is 0 Å². The van der Waals surface area contributed by atoms with Gasteiger partial charge in [0.2, 0.25) is 0 Å². The van der Waals surface area contributed by atoms with Gasteiger partial charge in [-0.25, -0.2) is 4.68 Å². The minimum absolute atomic E-state index is 0.413. The Balaban J connectivity index is 1.52. The Morgan fingerprint density at radius 2 is 1.67 bits per heavy atom. The Hall–Kier alpha value is -2.94. The van der Waals surface area contributed by atoms with E-state index in [1.165, 1.54) is 16.5 Å². The highest BCUT2D eigenvalue weighted by Crippen LogP contribution is 2.24. The Labute approximate surface area is 160 Å². The van der Waals surface area contributed by atoms with Crippen molar-refractivity contribution >= 4 is 10.9 Å². The van der Waals surface area contributed by atoms with Crippen LogP contribution in [-0.4, -0.2) is 14.8 Å². The topological polar surface area (TPSA) is 30.7 Å². The molecular weight excluding hydrogens is 330 g/mol. The molecule has 0 bridgehead atoms. The van der Waals surface area contributed by atoms with Gasteiger partial charge in [0.15, 0.2) is 0 Å². The molecule has 1 atom stereocenters. The summed E-state index contributed by atoms with van der Waals surface area (Å²) in [5, 5.41) is 5.50. The lowest BCUT2D eigenvalue weighted by molar-refractivity contribution is 0.742. The lowest BCUT2D eigenvalue weighted by Crippen LogP contribution is -2.02. The van der Waals surface area contributed by atoms with E-state index < -0.39 is 0 Å². The summed E-state index contributed by atoms with van der Waals surface area (Å²) in [6.07, 6.45) is 4.69. The molecule has 0 aliphatic heterocycles. The van der Waals surface area contributed by atoms with Crippen molar-refractivity contribution in [2.75, 3.05) is 0 Å². The van der Waals surface area contributed by atoms with Crippen LogP contribution in [0.3, 0.4) is 0 Å². The van der Waals surface area contributed by atoms with E-state index in [2.05, 4.69) is 80.5 Å². The molecule has 3 heteroatoms. The van der Waals surface area contributed by atoms with Gasteiger partial charge in [-0.2, -0.15) is 5.10 Å². The van der Waals surface area contributed by atoms with Crippen molar-refractivity contribution in [1.29, 1.82) is 0 Å². The smallest absolute Gasteiger partial charge is 0.0705 e. The summed E-state index contributed by atoms with van der Waals surface area (Å²) in [4.78, 5) is 4.89. The summed E-state index contributed by atoms with van der Waals surface area (Å²) in [6, 6.07) is 21.5.